The van der Waals surface area contributed by atoms with Gasteiger partial charge in [0.05, 0.1) is 0 Å². The van der Waals surface area contributed by atoms with E-state index in [0.29, 0.717) is 19.3 Å². The van der Waals surface area contributed by atoms with Crippen LogP contribution in [-0.4, -0.2) is 37.2 Å². The molecule has 0 fully saturated rings. The van der Waals surface area contributed by atoms with E-state index in [0.717, 1.165) is 122 Å². The molecule has 69 heavy (non-hydrogen) atoms. The van der Waals surface area contributed by atoms with Crippen LogP contribution in [0.2, 0.25) is 0 Å². The van der Waals surface area contributed by atoms with Crippen molar-refractivity contribution in [1.29, 1.82) is 0 Å². The Morgan fingerprint density at radius 3 is 1.04 bits per heavy atom. The second kappa shape index (κ2) is 56.9. The lowest BCUT2D eigenvalue weighted by Crippen LogP contribution is -2.30. The Morgan fingerprint density at radius 2 is 0.623 bits per heavy atom. The van der Waals surface area contributed by atoms with E-state index in [1.54, 1.807) is 0 Å². The second-order valence-electron chi connectivity index (χ2n) is 18.9. The first-order valence-corrected chi connectivity index (χ1v) is 28.8. The number of unbranched alkanes of at least 4 members (excludes halogenated alkanes) is 27. The minimum absolute atomic E-state index is 0.0907. The molecule has 0 aromatic rings. The van der Waals surface area contributed by atoms with Gasteiger partial charge in [0.15, 0.2) is 6.10 Å². The van der Waals surface area contributed by atoms with Gasteiger partial charge in [-0.05, 0) is 83.5 Å². The van der Waals surface area contributed by atoms with Crippen LogP contribution in [-0.2, 0) is 28.6 Å². The lowest BCUT2D eigenvalue weighted by atomic mass is 10.0. The summed E-state index contributed by atoms with van der Waals surface area (Å²) in [5.41, 5.74) is 0. The van der Waals surface area contributed by atoms with Gasteiger partial charge in [0.2, 0.25) is 0 Å². The van der Waals surface area contributed by atoms with E-state index in [4.69, 9.17) is 14.2 Å². The van der Waals surface area contributed by atoms with Crippen molar-refractivity contribution >= 4 is 17.9 Å². The van der Waals surface area contributed by atoms with E-state index in [1.165, 1.54) is 103 Å². The lowest BCUT2D eigenvalue weighted by molar-refractivity contribution is -0.167. The standard InChI is InChI=1S/C63H106O6/c1-4-7-10-13-16-19-22-25-28-30-32-34-35-38-41-44-47-50-53-56-62(65)68-59-60(58-67-61(64)55-52-49-46-43-40-37-27-24-21-18-15-12-9-6-3)69-63(66)57-54-51-48-45-42-39-36-33-31-29-26-23-20-17-14-11-8-5-2/h7,10,16-17,19-20,23,25-26,28-29,31-34,36,60H,4-6,8-9,11-15,18,21-22,24,27,30,35,37-59H2,1-3H3/b10-7-,19-16-,20-17-,26-23-,28-25-,31-29-,34-32-,36-33-. The van der Waals surface area contributed by atoms with Crippen molar-refractivity contribution in [2.45, 2.75) is 271 Å². The number of ether oxygens (including phenoxy) is 3. The summed E-state index contributed by atoms with van der Waals surface area (Å²) in [6, 6.07) is 0. The Balaban J connectivity index is 4.46. The molecular weight excluding hydrogens is 853 g/mol. The Morgan fingerprint density at radius 1 is 0.319 bits per heavy atom. The van der Waals surface area contributed by atoms with Crippen molar-refractivity contribution in [2.75, 3.05) is 13.2 Å². The molecule has 0 rings (SSSR count). The molecule has 0 bridgehead atoms. The van der Waals surface area contributed by atoms with Crippen molar-refractivity contribution < 1.29 is 28.6 Å². The maximum absolute atomic E-state index is 12.9. The van der Waals surface area contributed by atoms with Crippen molar-refractivity contribution in [3.8, 4) is 0 Å². The van der Waals surface area contributed by atoms with Crippen molar-refractivity contribution in [1.82, 2.24) is 0 Å². The average Bonchev–Trinajstić information content (AvgIpc) is 3.35. The van der Waals surface area contributed by atoms with Crippen molar-refractivity contribution in [3.63, 3.8) is 0 Å². The maximum Gasteiger partial charge on any atom is 0.306 e. The quantitative estimate of drug-likeness (QED) is 0.0199. The highest BCUT2D eigenvalue weighted by Crippen LogP contribution is 2.15. The summed E-state index contributed by atoms with van der Waals surface area (Å²) in [6.07, 6.45) is 75.3. The monoisotopic (exact) mass is 959 g/mol. The highest BCUT2D eigenvalue weighted by Gasteiger charge is 2.19. The van der Waals surface area contributed by atoms with Crippen LogP contribution in [0.4, 0.5) is 0 Å². The van der Waals surface area contributed by atoms with Crippen LogP contribution in [0.15, 0.2) is 97.2 Å². The molecule has 0 amide bonds. The van der Waals surface area contributed by atoms with E-state index in [1.807, 2.05) is 0 Å². The Bertz CT molecular complexity index is 1380. The van der Waals surface area contributed by atoms with Crippen molar-refractivity contribution in [3.05, 3.63) is 97.2 Å². The molecule has 0 aliphatic carbocycles. The van der Waals surface area contributed by atoms with Crippen LogP contribution >= 0.6 is 0 Å². The molecule has 0 aromatic heterocycles. The van der Waals surface area contributed by atoms with Crippen LogP contribution in [0.3, 0.4) is 0 Å². The molecule has 1 atom stereocenters. The fourth-order valence-corrected chi connectivity index (χ4v) is 7.86. The molecule has 0 aromatic carbocycles. The molecule has 0 spiro atoms. The number of hydrogen-bond acceptors (Lipinski definition) is 6. The number of esters is 3. The van der Waals surface area contributed by atoms with E-state index >= 15 is 0 Å². The third-order valence-electron chi connectivity index (χ3n) is 12.2. The number of allylic oxidation sites excluding steroid dienone is 16. The molecule has 0 N–H and O–H groups in total. The van der Waals surface area contributed by atoms with E-state index in [2.05, 4.69) is 118 Å². The van der Waals surface area contributed by atoms with Gasteiger partial charge < -0.3 is 14.2 Å². The molecule has 6 nitrogen and oxygen atoms in total. The molecule has 0 heterocycles. The fourth-order valence-electron chi connectivity index (χ4n) is 7.86. The number of rotatable bonds is 51. The summed E-state index contributed by atoms with van der Waals surface area (Å²) in [5.74, 6) is -0.923. The molecule has 0 saturated heterocycles. The van der Waals surface area contributed by atoms with Crippen LogP contribution in [0.25, 0.3) is 0 Å². The Hall–Kier alpha value is -3.67. The molecule has 1 unspecified atom stereocenters. The first-order chi connectivity index (χ1) is 34.0. The lowest BCUT2D eigenvalue weighted by Gasteiger charge is -2.18. The smallest absolute Gasteiger partial charge is 0.306 e. The van der Waals surface area contributed by atoms with Gasteiger partial charge in [-0.2, -0.15) is 0 Å². The summed E-state index contributed by atoms with van der Waals surface area (Å²) >= 11 is 0. The van der Waals surface area contributed by atoms with Gasteiger partial charge in [-0.3, -0.25) is 14.4 Å². The fraction of sp³-hybridized carbons (Fsp3) is 0.698. The van der Waals surface area contributed by atoms with Gasteiger partial charge >= 0.3 is 17.9 Å². The average molecular weight is 960 g/mol. The van der Waals surface area contributed by atoms with Gasteiger partial charge in [0.25, 0.3) is 0 Å². The molecular formula is C63H106O6. The van der Waals surface area contributed by atoms with E-state index in [9.17, 15) is 14.4 Å². The molecule has 394 valence electrons. The molecule has 0 saturated carbocycles. The Labute approximate surface area is 426 Å². The molecule has 6 heteroatoms. The summed E-state index contributed by atoms with van der Waals surface area (Å²) in [4.78, 5) is 38.2. The van der Waals surface area contributed by atoms with Crippen LogP contribution in [0.1, 0.15) is 265 Å². The zero-order chi connectivity index (χ0) is 50.0. The van der Waals surface area contributed by atoms with Crippen LogP contribution in [0, 0.1) is 0 Å². The highest BCUT2D eigenvalue weighted by atomic mass is 16.6. The topological polar surface area (TPSA) is 78.9 Å². The normalized spacial score (nSPS) is 12.8. The first kappa shape index (κ1) is 65.3. The van der Waals surface area contributed by atoms with Gasteiger partial charge in [0.1, 0.15) is 13.2 Å². The summed E-state index contributed by atoms with van der Waals surface area (Å²) in [6.45, 7) is 6.47. The zero-order valence-corrected chi connectivity index (χ0v) is 45.0. The third kappa shape index (κ3) is 55.1. The first-order valence-electron chi connectivity index (χ1n) is 28.8. The van der Waals surface area contributed by atoms with Crippen molar-refractivity contribution in [2.24, 2.45) is 0 Å². The second-order valence-corrected chi connectivity index (χ2v) is 18.9. The summed E-state index contributed by atoms with van der Waals surface area (Å²) in [7, 11) is 0. The minimum atomic E-state index is -0.796. The third-order valence-corrected chi connectivity index (χ3v) is 12.2. The van der Waals surface area contributed by atoms with Gasteiger partial charge in [0, 0.05) is 19.3 Å². The predicted octanol–water partition coefficient (Wildman–Crippen LogP) is 19.3. The largest absolute Gasteiger partial charge is 0.462 e. The Kier molecular flexibility index (Phi) is 53.9. The SMILES string of the molecule is CC/C=C\C/C=C\C/C=C\C/C=C\CCCCCCCCC(=O)OCC(COC(=O)CCCCCCCCCCCCCCCC)OC(=O)CCCCCCC\C=C/C=C\C=C/C=C\CCCCC. The molecule has 0 aliphatic heterocycles. The number of hydrogen-bond donors (Lipinski definition) is 0. The molecule has 0 aliphatic rings. The number of carbonyl (C=O) groups excluding carboxylic acids is 3. The minimum Gasteiger partial charge on any atom is -0.462 e. The summed E-state index contributed by atoms with van der Waals surface area (Å²) < 4.78 is 16.8. The summed E-state index contributed by atoms with van der Waals surface area (Å²) in [5, 5.41) is 0. The van der Waals surface area contributed by atoms with Gasteiger partial charge in [-0.1, -0.05) is 259 Å². The van der Waals surface area contributed by atoms with Gasteiger partial charge in [-0.25, -0.2) is 0 Å². The zero-order valence-electron chi connectivity index (χ0n) is 45.0. The van der Waals surface area contributed by atoms with Crippen LogP contribution < -0.4 is 0 Å². The number of carbonyl (C=O) groups is 3. The van der Waals surface area contributed by atoms with Gasteiger partial charge in [-0.15, -0.1) is 0 Å². The highest BCUT2D eigenvalue weighted by molar-refractivity contribution is 5.71. The van der Waals surface area contributed by atoms with E-state index < -0.39 is 6.10 Å². The van der Waals surface area contributed by atoms with E-state index in [-0.39, 0.29) is 31.1 Å². The molecule has 0 radical (unpaired) electrons. The van der Waals surface area contributed by atoms with Crippen LogP contribution in [0.5, 0.6) is 0 Å². The predicted molar refractivity (Wildman–Crippen MR) is 297 cm³/mol. The maximum atomic E-state index is 12.9.